The number of ether oxygens (including phenoxy) is 2. The Hall–Kier alpha value is -2.14. The van der Waals surface area contributed by atoms with Gasteiger partial charge in [0.25, 0.3) is 0 Å². The fraction of sp³-hybridized carbons (Fsp3) is 0.200. The Bertz CT molecular complexity index is 807. The summed E-state index contributed by atoms with van der Waals surface area (Å²) >= 11 is 6.21. The van der Waals surface area contributed by atoms with E-state index in [1.165, 1.54) is 0 Å². The van der Waals surface area contributed by atoms with E-state index in [2.05, 4.69) is 5.32 Å². The maximum atomic E-state index is 6.21. The molecule has 1 aromatic heterocycles. The van der Waals surface area contributed by atoms with Gasteiger partial charge in [0.05, 0.1) is 19.9 Å². The monoisotopic (exact) mass is 392 g/mol. The SMILES string of the molecule is COc1cccc(CNCc2ccco2)c1OCc1ccccc1Cl.[Cl-]. The van der Waals surface area contributed by atoms with Crippen molar-refractivity contribution >= 4 is 11.6 Å². The summed E-state index contributed by atoms with van der Waals surface area (Å²) in [6, 6.07) is 17.3. The van der Waals surface area contributed by atoms with Gasteiger partial charge >= 0.3 is 0 Å². The Morgan fingerprint density at radius 3 is 2.50 bits per heavy atom. The van der Waals surface area contributed by atoms with Crippen LogP contribution in [0.2, 0.25) is 5.02 Å². The molecule has 0 fully saturated rings. The highest BCUT2D eigenvalue weighted by Crippen LogP contribution is 2.32. The van der Waals surface area contributed by atoms with E-state index in [0.717, 1.165) is 22.6 Å². The second kappa shape index (κ2) is 10.1. The Morgan fingerprint density at radius 2 is 1.77 bits per heavy atom. The van der Waals surface area contributed by atoms with Gasteiger partial charge < -0.3 is 31.6 Å². The minimum Gasteiger partial charge on any atom is -1.00 e. The van der Waals surface area contributed by atoms with Gasteiger partial charge in [-0.1, -0.05) is 41.9 Å². The van der Waals surface area contributed by atoms with Crippen LogP contribution in [0.5, 0.6) is 11.5 Å². The summed E-state index contributed by atoms with van der Waals surface area (Å²) in [7, 11) is 1.64. The molecule has 0 unspecified atom stereocenters. The van der Waals surface area contributed by atoms with Crippen molar-refractivity contribution < 1.29 is 26.3 Å². The van der Waals surface area contributed by atoms with Crippen LogP contribution in [-0.4, -0.2) is 7.11 Å². The summed E-state index contributed by atoms with van der Waals surface area (Å²) in [4.78, 5) is 0. The molecule has 1 N–H and O–H groups in total. The molecular formula is C20H20Cl2NO3-. The van der Waals surface area contributed by atoms with E-state index in [1.807, 2.05) is 54.6 Å². The molecule has 0 radical (unpaired) electrons. The minimum absolute atomic E-state index is 0. The predicted octanol–water partition coefficient (Wildman–Crippen LogP) is 1.81. The zero-order chi connectivity index (χ0) is 17.5. The first-order valence-electron chi connectivity index (χ1n) is 8.03. The molecule has 0 bridgehead atoms. The third-order valence-corrected chi connectivity index (χ3v) is 4.17. The molecule has 0 spiro atoms. The molecule has 0 aliphatic rings. The number of halogens is 2. The van der Waals surface area contributed by atoms with Crippen molar-refractivity contribution in [3.05, 3.63) is 82.8 Å². The summed E-state index contributed by atoms with van der Waals surface area (Å²) in [5.41, 5.74) is 1.95. The van der Waals surface area contributed by atoms with Crippen molar-refractivity contribution in [1.29, 1.82) is 0 Å². The van der Waals surface area contributed by atoms with Crippen molar-refractivity contribution in [3.63, 3.8) is 0 Å². The van der Waals surface area contributed by atoms with E-state index in [-0.39, 0.29) is 12.4 Å². The van der Waals surface area contributed by atoms with Crippen LogP contribution >= 0.6 is 11.6 Å². The maximum Gasteiger partial charge on any atom is 0.166 e. The summed E-state index contributed by atoms with van der Waals surface area (Å²) < 4.78 is 16.8. The van der Waals surface area contributed by atoms with Crippen molar-refractivity contribution in [2.24, 2.45) is 0 Å². The molecule has 0 saturated carbocycles. The van der Waals surface area contributed by atoms with Gasteiger partial charge in [0, 0.05) is 22.7 Å². The normalized spacial score (nSPS) is 10.2. The predicted molar refractivity (Wildman–Crippen MR) is 98.0 cm³/mol. The Kier molecular flexibility index (Phi) is 7.85. The van der Waals surface area contributed by atoms with E-state index < -0.39 is 0 Å². The van der Waals surface area contributed by atoms with Crippen LogP contribution in [0.15, 0.2) is 65.3 Å². The van der Waals surface area contributed by atoms with E-state index >= 15 is 0 Å². The molecule has 6 heteroatoms. The van der Waals surface area contributed by atoms with Gasteiger partial charge in [0.1, 0.15) is 12.4 Å². The zero-order valence-corrected chi connectivity index (χ0v) is 15.9. The fourth-order valence-electron chi connectivity index (χ4n) is 2.52. The molecule has 0 saturated heterocycles. The molecule has 4 nitrogen and oxygen atoms in total. The number of nitrogens with one attached hydrogen (secondary N) is 1. The average Bonchev–Trinajstić information content (AvgIpc) is 3.15. The summed E-state index contributed by atoms with van der Waals surface area (Å²) in [6.45, 7) is 1.66. The lowest BCUT2D eigenvalue weighted by Crippen LogP contribution is -3.00. The molecule has 0 aliphatic heterocycles. The highest BCUT2D eigenvalue weighted by molar-refractivity contribution is 6.31. The smallest absolute Gasteiger partial charge is 0.166 e. The fourth-order valence-corrected chi connectivity index (χ4v) is 2.71. The highest BCUT2D eigenvalue weighted by atomic mass is 35.5. The Labute approximate surface area is 164 Å². The third kappa shape index (κ3) is 5.18. The van der Waals surface area contributed by atoms with Gasteiger partial charge in [0.2, 0.25) is 0 Å². The molecular weight excluding hydrogens is 373 g/mol. The van der Waals surface area contributed by atoms with Crippen LogP contribution in [0.4, 0.5) is 0 Å². The molecule has 26 heavy (non-hydrogen) atoms. The quantitative estimate of drug-likeness (QED) is 0.634. The van der Waals surface area contributed by atoms with E-state index in [9.17, 15) is 0 Å². The lowest BCUT2D eigenvalue weighted by Gasteiger charge is -2.16. The van der Waals surface area contributed by atoms with Crippen molar-refractivity contribution in [1.82, 2.24) is 5.32 Å². The molecule has 1 heterocycles. The number of hydrogen-bond acceptors (Lipinski definition) is 4. The van der Waals surface area contributed by atoms with Crippen LogP contribution in [0.1, 0.15) is 16.9 Å². The number of furan rings is 1. The second-order valence-electron chi connectivity index (χ2n) is 5.51. The summed E-state index contributed by atoms with van der Waals surface area (Å²) in [6.07, 6.45) is 1.67. The maximum absolute atomic E-state index is 6.21. The molecule has 0 atom stereocenters. The first-order valence-corrected chi connectivity index (χ1v) is 8.41. The van der Waals surface area contributed by atoms with Crippen molar-refractivity contribution in [3.8, 4) is 11.5 Å². The van der Waals surface area contributed by atoms with Crippen molar-refractivity contribution in [2.45, 2.75) is 19.7 Å². The van der Waals surface area contributed by atoms with Crippen LogP contribution < -0.4 is 27.2 Å². The van der Waals surface area contributed by atoms with Gasteiger partial charge in [0.15, 0.2) is 11.5 Å². The van der Waals surface area contributed by atoms with Gasteiger partial charge in [-0.2, -0.15) is 0 Å². The van der Waals surface area contributed by atoms with Gasteiger partial charge in [-0.15, -0.1) is 0 Å². The van der Waals surface area contributed by atoms with E-state index in [0.29, 0.717) is 30.5 Å². The molecule has 3 rings (SSSR count). The number of methoxy groups -OCH3 is 1. The minimum atomic E-state index is 0. The van der Waals surface area contributed by atoms with Gasteiger partial charge in [-0.3, -0.25) is 0 Å². The van der Waals surface area contributed by atoms with E-state index in [1.54, 1.807) is 13.4 Å². The number of rotatable bonds is 8. The lowest BCUT2D eigenvalue weighted by atomic mass is 10.1. The number of para-hydroxylation sites is 1. The second-order valence-corrected chi connectivity index (χ2v) is 5.92. The topological polar surface area (TPSA) is 43.6 Å². The molecule has 0 amide bonds. The molecule has 0 aliphatic carbocycles. The first-order chi connectivity index (χ1) is 12.3. The van der Waals surface area contributed by atoms with Crippen LogP contribution in [-0.2, 0) is 19.7 Å². The van der Waals surface area contributed by atoms with Crippen LogP contribution in [0.3, 0.4) is 0 Å². The standard InChI is InChI=1S/C20H20ClNO3.ClH/c1-23-19-10-4-7-15(12-22-13-17-8-5-11-24-17)20(19)25-14-16-6-2-3-9-18(16)21;/h2-11,22H,12-14H2,1H3;1H/p-1. The summed E-state index contributed by atoms with van der Waals surface area (Å²) in [5.74, 6) is 2.31. The van der Waals surface area contributed by atoms with Gasteiger partial charge in [-0.25, -0.2) is 0 Å². The molecule has 138 valence electrons. The molecule has 3 aromatic rings. The first kappa shape index (κ1) is 20.2. The number of benzene rings is 2. The number of hydrogen-bond donors (Lipinski definition) is 1. The van der Waals surface area contributed by atoms with Crippen LogP contribution in [0, 0.1) is 0 Å². The van der Waals surface area contributed by atoms with Crippen molar-refractivity contribution in [2.75, 3.05) is 7.11 Å². The third-order valence-electron chi connectivity index (χ3n) is 3.80. The Balaban J connectivity index is 0.00000243. The zero-order valence-electron chi connectivity index (χ0n) is 14.4. The van der Waals surface area contributed by atoms with Crippen LogP contribution in [0.25, 0.3) is 0 Å². The summed E-state index contributed by atoms with van der Waals surface area (Å²) in [5, 5.41) is 4.04. The Morgan fingerprint density at radius 1 is 0.962 bits per heavy atom. The largest absolute Gasteiger partial charge is 1.00 e. The van der Waals surface area contributed by atoms with Gasteiger partial charge in [-0.05, 0) is 24.3 Å². The highest BCUT2D eigenvalue weighted by Gasteiger charge is 2.12. The lowest BCUT2D eigenvalue weighted by molar-refractivity contribution is -0.00000601. The van der Waals surface area contributed by atoms with E-state index in [4.69, 9.17) is 25.5 Å². The average molecular weight is 393 g/mol. The molecule has 2 aromatic carbocycles.